The molecule has 2 aromatic rings. The number of carbonyl (C=O) groups excluding carboxylic acids is 1. The molecule has 1 atom stereocenters. The average Bonchev–Trinajstić information content (AvgIpc) is 3.25. The molecule has 154 valence electrons. The topological polar surface area (TPSA) is 57.7 Å². The number of aryl methyl sites for hydroxylation is 1. The summed E-state index contributed by atoms with van der Waals surface area (Å²) in [5.74, 6) is 1.49. The van der Waals surface area contributed by atoms with Gasteiger partial charge < -0.3 is 14.2 Å². The van der Waals surface area contributed by atoms with Crippen molar-refractivity contribution >= 4 is 5.97 Å². The lowest BCUT2D eigenvalue weighted by atomic mass is 9.96. The molecule has 0 amide bonds. The Kier molecular flexibility index (Phi) is 6.33. The number of aromatic nitrogens is 1. The van der Waals surface area contributed by atoms with Gasteiger partial charge in [-0.3, -0.25) is 4.79 Å². The lowest BCUT2D eigenvalue weighted by Crippen LogP contribution is -2.24. The van der Waals surface area contributed by atoms with Crippen LogP contribution in [0.2, 0.25) is 0 Å². The summed E-state index contributed by atoms with van der Waals surface area (Å²) in [6.45, 7) is 2.26. The summed E-state index contributed by atoms with van der Waals surface area (Å²) in [5.41, 5.74) is 3.34. The van der Waals surface area contributed by atoms with Gasteiger partial charge in [0.1, 0.15) is 11.9 Å². The minimum Gasteiger partial charge on any atom is -0.490 e. The molecular formula is C24H29NO4. The Morgan fingerprint density at radius 3 is 2.90 bits per heavy atom. The fraction of sp³-hybridized carbons (Fsp3) is 0.500. The van der Waals surface area contributed by atoms with E-state index >= 15 is 0 Å². The molecule has 29 heavy (non-hydrogen) atoms. The van der Waals surface area contributed by atoms with Crippen LogP contribution in [0.1, 0.15) is 57.4 Å². The SMILES string of the molecule is CCOC(=O)CCC1CCc2cc(-c3cccnc3OC3CCCC3)ccc2O1. The van der Waals surface area contributed by atoms with Gasteiger partial charge in [-0.15, -0.1) is 0 Å². The molecule has 2 aliphatic rings. The van der Waals surface area contributed by atoms with E-state index in [9.17, 15) is 4.79 Å². The van der Waals surface area contributed by atoms with Gasteiger partial charge in [-0.1, -0.05) is 6.07 Å². The lowest BCUT2D eigenvalue weighted by molar-refractivity contribution is -0.143. The van der Waals surface area contributed by atoms with Crippen LogP contribution in [0.15, 0.2) is 36.5 Å². The summed E-state index contributed by atoms with van der Waals surface area (Å²) < 4.78 is 17.4. The van der Waals surface area contributed by atoms with Crippen LogP contribution in [-0.2, 0) is 16.0 Å². The summed E-state index contributed by atoms with van der Waals surface area (Å²) in [5, 5.41) is 0. The van der Waals surface area contributed by atoms with Gasteiger partial charge in [0, 0.05) is 18.2 Å². The molecule has 0 N–H and O–H groups in total. The quantitative estimate of drug-likeness (QED) is 0.610. The Morgan fingerprint density at radius 1 is 1.21 bits per heavy atom. The zero-order valence-corrected chi connectivity index (χ0v) is 17.1. The molecular weight excluding hydrogens is 366 g/mol. The Balaban J connectivity index is 1.45. The normalized spacial score (nSPS) is 18.7. The second kappa shape index (κ2) is 9.29. The average molecular weight is 395 g/mol. The van der Waals surface area contributed by atoms with Crippen LogP contribution in [0.3, 0.4) is 0 Å². The third kappa shape index (κ3) is 4.89. The largest absolute Gasteiger partial charge is 0.490 e. The fourth-order valence-electron chi connectivity index (χ4n) is 4.20. The third-order valence-corrected chi connectivity index (χ3v) is 5.73. The zero-order chi connectivity index (χ0) is 20.1. The molecule has 1 aliphatic carbocycles. The molecule has 4 rings (SSSR count). The Bertz CT molecular complexity index is 845. The molecule has 2 heterocycles. The molecule has 0 bridgehead atoms. The smallest absolute Gasteiger partial charge is 0.305 e. The van der Waals surface area contributed by atoms with Crippen LogP contribution in [0, 0.1) is 0 Å². The first kappa shape index (κ1) is 19.7. The van der Waals surface area contributed by atoms with E-state index in [1.807, 2.05) is 19.1 Å². The number of carbonyl (C=O) groups is 1. The molecule has 5 nitrogen and oxygen atoms in total. The number of nitrogens with zero attached hydrogens (tertiary/aromatic N) is 1. The van der Waals surface area contributed by atoms with Crippen molar-refractivity contribution in [1.29, 1.82) is 0 Å². The van der Waals surface area contributed by atoms with E-state index in [4.69, 9.17) is 14.2 Å². The van der Waals surface area contributed by atoms with Gasteiger partial charge in [-0.05, 0) is 87.3 Å². The summed E-state index contributed by atoms with van der Waals surface area (Å²) >= 11 is 0. The lowest BCUT2D eigenvalue weighted by Gasteiger charge is -2.26. The standard InChI is InChI=1S/C24H29NO4/c1-2-27-23(26)14-12-20-11-9-18-16-17(10-13-22(18)28-20)21-8-5-15-25-24(21)29-19-6-3-4-7-19/h5,8,10,13,15-16,19-20H,2-4,6-7,9,11-12,14H2,1H3. The van der Waals surface area contributed by atoms with Gasteiger partial charge in [-0.25, -0.2) is 4.98 Å². The number of hydrogen-bond acceptors (Lipinski definition) is 5. The van der Waals surface area contributed by atoms with Crippen molar-refractivity contribution in [2.75, 3.05) is 6.61 Å². The number of esters is 1. The van der Waals surface area contributed by atoms with Crippen LogP contribution in [0.4, 0.5) is 0 Å². The van der Waals surface area contributed by atoms with Crippen LogP contribution in [-0.4, -0.2) is 29.8 Å². The van der Waals surface area contributed by atoms with Crippen molar-refractivity contribution < 1.29 is 19.0 Å². The molecule has 1 aromatic carbocycles. The molecule has 1 aliphatic heterocycles. The molecule has 1 aromatic heterocycles. The first-order valence-electron chi connectivity index (χ1n) is 10.8. The van der Waals surface area contributed by atoms with Crippen molar-refractivity contribution in [3.05, 3.63) is 42.1 Å². The van der Waals surface area contributed by atoms with Crippen LogP contribution in [0.5, 0.6) is 11.6 Å². The fourth-order valence-corrected chi connectivity index (χ4v) is 4.20. The Labute approximate surface area is 172 Å². The predicted octanol–water partition coefficient (Wildman–Crippen LogP) is 5.11. The highest BCUT2D eigenvalue weighted by molar-refractivity contribution is 5.70. The summed E-state index contributed by atoms with van der Waals surface area (Å²) in [7, 11) is 0. The van der Waals surface area contributed by atoms with Crippen molar-refractivity contribution in [3.8, 4) is 22.8 Å². The highest BCUT2D eigenvalue weighted by atomic mass is 16.5. The molecule has 1 saturated carbocycles. The van der Waals surface area contributed by atoms with Gasteiger partial charge in [0.2, 0.25) is 5.88 Å². The van der Waals surface area contributed by atoms with E-state index in [1.54, 1.807) is 6.20 Å². The van der Waals surface area contributed by atoms with E-state index in [1.165, 1.54) is 18.4 Å². The van der Waals surface area contributed by atoms with Crippen LogP contribution < -0.4 is 9.47 Å². The van der Waals surface area contributed by atoms with Gasteiger partial charge in [0.05, 0.1) is 12.7 Å². The predicted molar refractivity (Wildman–Crippen MR) is 111 cm³/mol. The van der Waals surface area contributed by atoms with Crippen LogP contribution in [0.25, 0.3) is 11.1 Å². The summed E-state index contributed by atoms with van der Waals surface area (Å²) in [6, 6.07) is 10.3. The van der Waals surface area contributed by atoms with Gasteiger partial charge in [0.15, 0.2) is 0 Å². The first-order chi connectivity index (χ1) is 14.2. The minimum absolute atomic E-state index is 0.0670. The molecule has 0 spiro atoms. The number of fused-ring (bicyclic) bond motifs is 1. The Morgan fingerprint density at radius 2 is 2.07 bits per heavy atom. The summed E-state index contributed by atoms with van der Waals surface area (Å²) in [6.07, 6.45) is 9.80. The van der Waals surface area contributed by atoms with E-state index in [0.717, 1.165) is 48.4 Å². The van der Waals surface area contributed by atoms with Crippen LogP contribution >= 0.6 is 0 Å². The molecule has 0 radical (unpaired) electrons. The zero-order valence-electron chi connectivity index (χ0n) is 17.1. The number of benzene rings is 1. The van der Waals surface area contributed by atoms with Crippen molar-refractivity contribution in [2.24, 2.45) is 0 Å². The van der Waals surface area contributed by atoms with E-state index < -0.39 is 0 Å². The molecule has 0 saturated heterocycles. The highest BCUT2D eigenvalue weighted by Gasteiger charge is 2.23. The van der Waals surface area contributed by atoms with E-state index in [-0.39, 0.29) is 18.2 Å². The number of rotatable bonds is 7. The second-order valence-electron chi connectivity index (χ2n) is 7.83. The van der Waals surface area contributed by atoms with Crippen molar-refractivity contribution in [2.45, 2.75) is 70.5 Å². The second-order valence-corrected chi connectivity index (χ2v) is 7.83. The van der Waals surface area contributed by atoms with Crippen molar-refractivity contribution in [3.63, 3.8) is 0 Å². The van der Waals surface area contributed by atoms with Crippen molar-refractivity contribution in [1.82, 2.24) is 4.98 Å². The van der Waals surface area contributed by atoms with E-state index in [2.05, 4.69) is 23.2 Å². The summed E-state index contributed by atoms with van der Waals surface area (Å²) in [4.78, 5) is 16.1. The maximum atomic E-state index is 11.6. The third-order valence-electron chi connectivity index (χ3n) is 5.73. The monoisotopic (exact) mass is 395 g/mol. The number of hydrogen-bond donors (Lipinski definition) is 0. The Hall–Kier alpha value is -2.56. The number of ether oxygens (including phenoxy) is 3. The minimum atomic E-state index is -0.149. The maximum Gasteiger partial charge on any atom is 0.305 e. The number of pyridine rings is 1. The molecule has 1 unspecified atom stereocenters. The molecule has 5 heteroatoms. The maximum absolute atomic E-state index is 11.6. The van der Waals surface area contributed by atoms with Gasteiger partial charge in [-0.2, -0.15) is 0 Å². The van der Waals surface area contributed by atoms with E-state index in [0.29, 0.717) is 19.4 Å². The highest BCUT2D eigenvalue weighted by Crippen LogP contribution is 2.36. The molecule has 1 fully saturated rings. The van der Waals surface area contributed by atoms with Gasteiger partial charge >= 0.3 is 5.97 Å². The first-order valence-corrected chi connectivity index (χ1v) is 10.8. The van der Waals surface area contributed by atoms with Gasteiger partial charge in [0.25, 0.3) is 0 Å².